The van der Waals surface area contributed by atoms with Crippen LogP contribution in [0.3, 0.4) is 0 Å². The minimum Gasteiger partial charge on any atom is -0.350 e. The smallest absolute Gasteiger partial charge is 0.222 e. The number of benzene rings is 1. The van der Waals surface area contributed by atoms with Crippen LogP contribution in [0.25, 0.3) is 15.9 Å². The average molecular weight is 324 g/mol. The lowest BCUT2D eigenvalue weighted by Crippen LogP contribution is -2.24. The van der Waals surface area contributed by atoms with E-state index in [0.717, 1.165) is 16.2 Å². The second-order valence-corrected chi connectivity index (χ2v) is 6.29. The third-order valence-electron chi connectivity index (χ3n) is 3.87. The summed E-state index contributed by atoms with van der Waals surface area (Å²) in [5.74, 6) is 0.0409. The van der Waals surface area contributed by atoms with Crippen molar-refractivity contribution in [1.29, 1.82) is 0 Å². The van der Waals surface area contributed by atoms with E-state index in [1.807, 2.05) is 40.5 Å². The largest absolute Gasteiger partial charge is 0.350 e. The van der Waals surface area contributed by atoms with Crippen LogP contribution in [0.5, 0.6) is 0 Å². The van der Waals surface area contributed by atoms with Crippen molar-refractivity contribution < 1.29 is 4.79 Å². The molecule has 4 rings (SSSR count). The quantitative estimate of drug-likeness (QED) is 0.613. The van der Waals surface area contributed by atoms with Crippen LogP contribution < -0.4 is 5.32 Å². The molecule has 0 spiro atoms. The number of hydrogen-bond acceptors (Lipinski definition) is 3. The van der Waals surface area contributed by atoms with Crippen molar-refractivity contribution in [2.75, 3.05) is 0 Å². The fraction of sp³-hybridized carbons (Fsp3) is 0.176. The summed E-state index contributed by atoms with van der Waals surface area (Å²) < 4.78 is 4.08. The summed E-state index contributed by atoms with van der Waals surface area (Å²) in [6.07, 6.45) is 6.41. The molecule has 4 aromatic rings. The third kappa shape index (κ3) is 2.85. The zero-order chi connectivity index (χ0) is 15.6. The number of nitrogens with zero attached hydrogens (tertiary/aromatic N) is 3. The summed E-state index contributed by atoms with van der Waals surface area (Å²) in [6.45, 7) is 1.15. The number of imidazole rings is 1. The van der Waals surface area contributed by atoms with Crippen molar-refractivity contribution in [3.63, 3.8) is 0 Å². The Morgan fingerprint density at radius 1 is 1.22 bits per heavy atom. The molecule has 0 bridgehead atoms. The normalized spacial score (nSPS) is 11.3. The van der Waals surface area contributed by atoms with E-state index in [9.17, 15) is 4.79 Å². The Kier molecular flexibility index (Phi) is 3.59. The van der Waals surface area contributed by atoms with Crippen molar-refractivity contribution >= 4 is 33.1 Å². The Hall–Kier alpha value is -2.60. The first-order chi connectivity index (χ1) is 11.3. The number of carbonyl (C=O) groups is 1. The van der Waals surface area contributed by atoms with Crippen LogP contribution in [-0.2, 0) is 17.9 Å². The lowest BCUT2D eigenvalue weighted by molar-refractivity contribution is -0.121. The molecule has 23 heavy (non-hydrogen) atoms. The molecule has 0 aliphatic rings. The molecule has 1 aromatic carbocycles. The topological polar surface area (TPSA) is 51.3 Å². The summed E-state index contributed by atoms with van der Waals surface area (Å²) in [7, 11) is 0. The Balaban J connectivity index is 1.34. The highest BCUT2D eigenvalue weighted by atomic mass is 32.1. The van der Waals surface area contributed by atoms with E-state index < -0.39 is 0 Å². The second kappa shape index (κ2) is 5.89. The molecule has 0 aliphatic heterocycles. The van der Waals surface area contributed by atoms with E-state index in [1.165, 1.54) is 5.39 Å². The number of nitrogens with one attached hydrogen (secondary N) is 1. The van der Waals surface area contributed by atoms with Gasteiger partial charge in [0.1, 0.15) is 0 Å². The molecule has 1 N–H and O–H groups in total. The third-order valence-corrected chi connectivity index (χ3v) is 4.64. The molecule has 5 nitrogen and oxygen atoms in total. The molecule has 0 atom stereocenters. The zero-order valence-corrected chi connectivity index (χ0v) is 13.3. The van der Waals surface area contributed by atoms with Crippen molar-refractivity contribution in [2.45, 2.75) is 19.5 Å². The number of rotatable bonds is 5. The van der Waals surface area contributed by atoms with Crippen molar-refractivity contribution in [3.05, 3.63) is 60.0 Å². The van der Waals surface area contributed by atoms with Gasteiger partial charge in [0.15, 0.2) is 4.96 Å². The van der Waals surface area contributed by atoms with Gasteiger partial charge in [0.05, 0.1) is 12.2 Å². The molecule has 3 aromatic heterocycles. The van der Waals surface area contributed by atoms with E-state index >= 15 is 0 Å². The minimum atomic E-state index is 0.0409. The standard InChI is InChI=1S/C17H16N4OS/c22-16(18-11-14-12-21-9-10-23-17(21)19-14)6-8-20-7-5-13-3-1-2-4-15(13)20/h1-5,7,9-10,12H,6,8,11H2,(H,18,22). The van der Waals surface area contributed by atoms with E-state index in [2.05, 4.69) is 33.1 Å². The number of amides is 1. The molecular formula is C17H16N4OS. The molecule has 0 saturated carbocycles. The van der Waals surface area contributed by atoms with Gasteiger partial charge >= 0.3 is 0 Å². The van der Waals surface area contributed by atoms with Gasteiger partial charge in [0.2, 0.25) is 5.91 Å². The van der Waals surface area contributed by atoms with Gasteiger partial charge in [-0.3, -0.25) is 9.20 Å². The van der Waals surface area contributed by atoms with Crippen LogP contribution in [0.4, 0.5) is 0 Å². The monoisotopic (exact) mass is 324 g/mol. The zero-order valence-electron chi connectivity index (χ0n) is 12.5. The maximum atomic E-state index is 12.0. The van der Waals surface area contributed by atoms with E-state index in [-0.39, 0.29) is 5.91 Å². The first-order valence-corrected chi connectivity index (χ1v) is 8.39. The SMILES string of the molecule is O=C(CCn1ccc2ccccc21)NCc1cn2ccsc2n1. The van der Waals surface area contributed by atoms with Crippen LogP contribution >= 0.6 is 11.3 Å². The molecule has 0 saturated heterocycles. The summed E-state index contributed by atoms with van der Waals surface area (Å²) >= 11 is 1.59. The van der Waals surface area contributed by atoms with Gasteiger partial charge in [-0.1, -0.05) is 18.2 Å². The fourth-order valence-electron chi connectivity index (χ4n) is 2.70. The number of carbonyl (C=O) groups excluding carboxylic acids is 1. The number of thiazole rings is 1. The predicted octanol–water partition coefficient (Wildman–Crippen LogP) is 3.06. The van der Waals surface area contributed by atoms with Gasteiger partial charge in [-0.05, 0) is 17.5 Å². The van der Waals surface area contributed by atoms with Crippen LogP contribution in [0.2, 0.25) is 0 Å². The highest BCUT2D eigenvalue weighted by Crippen LogP contribution is 2.15. The first kappa shape index (κ1) is 14.0. The molecule has 0 radical (unpaired) electrons. The Bertz CT molecular complexity index is 937. The summed E-state index contributed by atoms with van der Waals surface area (Å²) in [5.41, 5.74) is 2.05. The Morgan fingerprint density at radius 2 is 2.13 bits per heavy atom. The van der Waals surface area contributed by atoms with Crippen molar-refractivity contribution in [3.8, 4) is 0 Å². The maximum absolute atomic E-state index is 12.0. The van der Waals surface area contributed by atoms with Crippen LogP contribution in [-0.4, -0.2) is 19.9 Å². The average Bonchev–Trinajstić information content (AvgIpc) is 3.25. The van der Waals surface area contributed by atoms with Gasteiger partial charge in [0, 0.05) is 42.5 Å². The molecule has 0 unspecified atom stereocenters. The molecular weight excluding hydrogens is 308 g/mol. The molecule has 0 fully saturated rings. The van der Waals surface area contributed by atoms with Crippen LogP contribution in [0, 0.1) is 0 Å². The highest BCUT2D eigenvalue weighted by Gasteiger charge is 2.07. The maximum Gasteiger partial charge on any atom is 0.222 e. The number of fused-ring (bicyclic) bond motifs is 2. The Labute approximate surface area is 137 Å². The number of hydrogen-bond donors (Lipinski definition) is 1. The second-order valence-electron chi connectivity index (χ2n) is 5.42. The fourth-order valence-corrected chi connectivity index (χ4v) is 3.42. The molecule has 0 aliphatic carbocycles. The summed E-state index contributed by atoms with van der Waals surface area (Å²) in [6, 6.07) is 10.3. The van der Waals surface area contributed by atoms with E-state index in [0.29, 0.717) is 19.5 Å². The molecule has 3 heterocycles. The lowest BCUT2D eigenvalue weighted by atomic mass is 10.2. The van der Waals surface area contributed by atoms with Crippen molar-refractivity contribution in [1.82, 2.24) is 19.3 Å². The van der Waals surface area contributed by atoms with Crippen LogP contribution in [0.1, 0.15) is 12.1 Å². The van der Waals surface area contributed by atoms with Crippen molar-refractivity contribution in [2.24, 2.45) is 0 Å². The summed E-state index contributed by atoms with van der Waals surface area (Å²) in [4.78, 5) is 17.5. The highest BCUT2D eigenvalue weighted by molar-refractivity contribution is 7.15. The first-order valence-electron chi connectivity index (χ1n) is 7.51. The van der Waals surface area contributed by atoms with Gasteiger partial charge in [-0.15, -0.1) is 11.3 Å². The van der Waals surface area contributed by atoms with Gasteiger partial charge in [0.25, 0.3) is 0 Å². The Morgan fingerprint density at radius 3 is 3.04 bits per heavy atom. The number of para-hydroxylation sites is 1. The number of aromatic nitrogens is 3. The van der Waals surface area contributed by atoms with Gasteiger partial charge in [-0.2, -0.15) is 0 Å². The molecule has 116 valence electrons. The number of aryl methyl sites for hydroxylation is 1. The van der Waals surface area contributed by atoms with Gasteiger partial charge < -0.3 is 9.88 Å². The van der Waals surface area contributed by atoms with Gasteiger partial charge in [-0.25, -0.2) is 4.98 Å². The van der Waals surface area contributed by atoms with Crippen LogP contribution in [0.15, 0.2) is 54.3 Å². The molecule has 1 amide bonds. The minimum absolute atomic E-state index is 0.0409. The lowest BCUT2D eigenvalue weighted by Gasteiger charge is -2.06. The van der Waals surface area contributed by atoms with E-state index in [1.54, 1.807) is 11.3 Å². The van der Waals surface area contributed by atoms with E-state index in [4.69, 9.17) is 0 Å². The predicted molar refractivity (Wildman–Crippen MR) is 91.5 cm³/mol. The summed E-state index contributed by atoms with van der Waals surface area (Å²) in [5, 5.41) is 6.13. The molecule has 6 heteroatoms.